The number of imide groups is 1. The van der Waals surface area contributed by atoms with Crippen LogP contribution in [0.15, 0.2) is 21.5 Å². The molecule has 2 amide bonds. The molecular weight excluding hydrogens is 426 g/mol. The van der Waals surface area contributed by atoms with E-state index in [9.17, 15) is 14.4 Å². The maximum Gasteiger partial charge on any atom is 0.328 e. The zero-order valence-corrected chi connectivity index (χ0v) is 17.1. The number of hydrogen-bond donors (Lipinski definition) is 0. The molecular formula is C17H18BrNO6S. The van der Waals surface area contributed by atoms with Crippen molar-refractivity contribution in [1.29, 1.82) is 0 Å². The molecule has 0 saturated carbocycles. The van der Waals surface area contributed by atoms with E-state index < -0.39 is 23.2 Å². The lowest BCUT2D eigenvalue weighted by Gasteiger charge is -2.18. The molecule has 0 N–H and O–H groups in total. The number of hydrogen-bond acceptors (Lipinski definition) is 7. The summed E-state index contributed by atoms with van der Waals surface area (Å²) in [5, 5.41) is -0.520. The van der Waals surface area contributed by atoms with E-state index in [1.54, 1.807) is 18.2 Å². The number of halogens is 1. The van der Waals surface area contributed by atoms with Gasteiger partial charge in [-0.05, 0) is 49.4 Å². The Kier molecular flexibility index (Phi) is 6.71. The number of esters is 1. The molecule has 0 aliphatic carbocycles. The van der Waals surface area contributed by atoms with Gasteiger partial charge in [-0.25, -0.2) is 4.79 Å². The second-order valence-corrected chi connectivity index (χ2v) is 7.06. The maximum absolute atomic E-state index is 12.6. The fourth-order valence-electron chi connectivity index (χ4n) is 2.32. The first-order valence-corrected chi connectivity index (χ1v) is 9.30. The summed E-state index contributed by atoms with van der Waals surface area (Å²) in [6.07, 6.45) is 1.57. The van der Waals surface area contributed by atoms with Crippen molar-refractivity contribution in [2.24, 2.45) is 0 Å². The number of carbonyl (C=O) groups excluding carboxylic acids is 3. The van der Waals surface area contributed by atoms with E-state index in [1.165, 1.54) is 21.1 Å². The van der Waals surface area contributed by atoms with Crippen LogP contribution in [-0.4, -0.2) is 48.9 Å². The van der Waals surface area contributed by atoms with E-state index in [2.05, 4.69) is 20.7 Å². The molecule has 1 aliphatic heterocycles. The monoisotopic (exact) mass is 443 g/mol. The SMILES string of the molecule is CCOc1cc(/C=C2/SC(=O)N([C@@H](C)C(=O)OC)C2=O)c(Br)cc1OC. The van der Waals surface area contributed by atoms with Gasteiger partial charge in [0, 0.05) is 4.47 Å². The minimum atomic E-state index is -0.989. The van der Waals surface area contributed by atoms with Gasteiger partial charge in [0.1, 0.15) is 6.04 Å². The Morgan fingerprint density at radius 3 is 2.58 bits per heavy atom. The minimum Gasteiger partial charge on any atom is -0.493 e. The van der Waals surface area contributed by atoms with Crippen LogP contribution >= 0.6 is 27.7 Å². The predicted octanol–water partition coefficient (Wildman–Crippen LogP) is 3.45. The molecule has 1 aromatic carbocycles. The lowest BCUT2D eigenvalue weighted by atomic mass is 10.1. The highest BCUT2D eigenvalue weighted by Gasteiger charge is 2.41. The van der Waals surface area contributed by atoms with Crippen molar-refractivity contribution in [2.45, 2.75) is 19.9 Å². The second-order valence-electron chi connectivity index (χ2n) is 5.21. The summed E-state index contributed by atoms with van der Waals surface area (Å²) in [7, 11) is 2.74. The number of nitrogens with zero attached hydrogens (tertiary/aromatic N) is 1. The minimum absolute atomic E-state index is 0.207. The Labute approximate surface area is 163 Å². The highest BCUT2D eigenvalue weighted by atomic mass is 79.9. The molecule has 26 heavy (non-hydrogen) atoms. The number of amides is 2. The number of benzene rings is 1. The third kappa shape index (κ3) is 4.04. The Morgan fingerprint density at radius 1 is 1.31 bits per heavy atom. The Hall–Kier alpha value is -2.00. The van der Waals surface area contributed by atoms with E-state index in [0.717, 1.165) is 16.7 Å². The van der Waals surface area contributed by atoms with Crippen LogP contribution in [0.1, 0.15) is 19.4 Å². The van der Waals surface area contributed by atoms with Crippen molar-refractivity contribution in [2.75, 3.05) is 20.8 Å². The van der Waals surface area contributed by atoms with Gasteiger partial charge in [-0.3, -0.25) is 14.5 Å². The molecule has 7 nitrogen and oxygen atoms in total. The summed E-state index contributed by atoms with van der Waals surface area (Å²) in [6, 6.07) is 2.44. The largest absolute Gasteiger partial charge is 0.493 e. The van der Waals surface area contributed by atoms with Crippen LogP contribution in [-0.2, 0) is 14.3 Å². The molecule has 0 radical (unpaired) electrons. The van der Waals surface area contributed by atoms with Crippen LogP contribution in [0.2, 0.25) is 0 Å². The van der Waals surface area contributed by atoms with Crippen molar-refractivity contribution >= 4 is 50.9 Å². The quantitative estimate of drug-likeness (QED) is 0.491. The number of methoxy groups -OCH3 is 2. The van der Waals surface area contributed by atoms with Gasteiger partial charge >= 0.3 is 5.97 Å². The highest BCUT2D eigenvalue weighted by Crippen LogP contribution is 2.38. The first kappa shape index (κ1) is 20.3. The first-order valence-electron chi connectivity index (χ1n) is 7.69. The molecule has 1 atom stereocenters. The van der Waals surface area contributed by atoms with Gasteiger partial charge in [0.2, 0.25) is 0 Å². The van der Waals surface area contributed by atoms with Crippen molar-refractivity contribution in [3.63, 3.8) is 0 Å². The van der Waals surface area contributed by atoms with E-state index in [4.69, 9.17) is 9.47 Å². The average Bonchev–Trinajstić information content (AvgIpc) is 2.89. The molecule has 1 heterocycles. The molecule has 1 fully saturated rings. The van der Waals surface area contributed by atoms with E-state index >= 15 is 0 Å². The van der Waals surface area contributed by atoms with Gasteiger partial charge in [0.05, 0.1) is 25.7 Å². The Bertz CT molecular complexity index is 779. The molecule has 0 aromatic heterocycles. The standard InChI is InChI=1S/C17H18BrNO6S/c1-5-25-13-6-10(11(18)8-12(13)23-3)7-14-15(20)19(17(22)26-14)9(2)16(21)24-4/h6-9H,5H2,1-4H3/b14-7+/t9-/m0/s1. The highest BCUT2D eigenvalue weighted by molar-refractivity contribution is 9.10. The van der Waals surface area contributed by atoms with Crippen LogP contribution in [0.5, 0.6) is 11.5 Å². The van der Waals surface area contributed by atoms with Crippen LogP contribution in [0.25, 0.3) is 6.08 Å². The van der Waals surface area contributed by atoms with Gasteiger partial charge < -0.3 is 14.2 Å². The normalized spacial score (nSPS) is 16.8. The molecule has 140 valence electrons. The molecule has 1 aliphatic rings. The summed E-state index contributed by atoms with van der Waals surface area (Å²) in [5.74, 6) is -0.133. The molecule has 1 aromatic rings. The summed E-state index contributed by atoms with van der Waals surface area (Å²) in [5.41, 5.74) is 0.644. The summed E-state index contributed by atoms with van der Waals surface area (Å²) in [4.78, 5) is 37.5. The third-order valence-corrected chi connectivity index (χ3v) is 5.19. The van der Waals surface area contributed by atoms with Crippen molar-refractivity contribution in [3.8, 4) is 11.5 Å². The smallest absolute Gasteiger partial charge is 0.328 e. The lowest BCUT2D eigenvalue weighted by Crippen LogP contribution is -2.42. The van der Waals surface area contributed by atoms with Gasteiger partial charge in [0.15, 0.2) is 11.5 Å². The average molecular weight is 444 g/mol. The van der Waals surface area contributed by atoms with Crippen LogP contribution in [0.3, 0.4) is 0 Å². The number of thioether (sulfide) groups is 1. The molecule has 2 rings (SSSR count). The van der Waals surface area contributed by atoms with Crippen LogP contribution in [0.4, 0.5) is 4.79 Å². The van der Waals surface area contributed by atoms with Crippen molar-refractivity contribution < 1.29 is 28.6 Å². The van der Waals surface area contributed by atoms with Crippen LogP contribution in [0, 0.1) is 0 Å². The zero-order valence-electron chi connectivity index (χ0n) is 14.7. The van der Waals surface area contributed by atoms with E-state index in [-0.39, 0.29) is 4.91 Å². The second kappa shape index (κ2) is 8.59. The fourth-order valence-corrected chi connectivity index (χ4v) is 3.66. The van der Waals surface area contributed by atoms with E-state index in [1.807, 2.05) is 6.92 Å². The summed E-state index contributed by atoms with van der Waals surface area (Å²) in [6.45, 7) is 3.74. The van der Waals surface area contributed by atoms with E-state index in [0.29, 0.717) is 28.1 Å². The number of carbonyl (C=O) groups is 3. The summed E-state index contributed by atoms with van der Waals surface area (Å²) >= 11 is 4.19. The Morgan fingerprint density at radius 2 is 2.00 bits per heavy atom. The lowest BCUT2D eigenvalue weighted by molar-refractivity contribution is -0.148. The van der Waals surface area contributed by atoms with Crippen molar-refractivity contribution in [1.82, 2.24) is 4.90 Å². The number of rotatable bonds is 6. The van der Waals surface area contributed by atoms with Gasteiger partial charge in [-0.2, -0.15) is 0 Å². The molecule has 0 spiro atoms. The zero-order chi connectivity index (χ0) is 19.4. The molecule has 9 heteroatoms. The van der Waals surface area contributed by atoms with Gasteiger partial charge in [-0.1, -0.05) is 15.9 Å². The molecule has 0 bridgehead atoms. The number of ether oxygens (including phenoxy) is 3. The van der Waals surface area contributed by atoms with Gasteiger partial charge in [-0.15, -0.1) is 0 Å². The van der Waals surface area contributed by atoms with Gasteiger partial charge in [0.25, 0.3) is 11.1 Å². The van der Waals surface area contributed by atoms with Crippen LogP contribution < -0.4 is 9.47 Å². The van der Waals surface area contributed by atoms with Crippen molar-refractivity contribution in [3.05, 3.63) is 27.1 Å². The fraction of sp³-hybridized carbons (Fsp3) is 0.353. The third-order valence-electron chi connectivity index (χ3n) is 3.62. The topological polar surface area (TPSA) is 82.1 Å². The summed E-state index contributed by atoms with van der Waals surface area (Å²) < 4.78 is 16.1. The predicted molar refractivity (Wildman–Crippen MR) is 101 cm³/mol. The molecule has 0 unspecified atom stereocenters. The Balaban J connectivity index is 2.38. The molecule has 1 saturated heterocycles. The first-order chi connectivity index (χ1) is 12.3. The maximum atomic E-state index is 12.6.